The summed E-state index contributed by atoms with van der Waals surface area (Å²) in [5.41, 5.74) is 4.67. The van der Waals surface area contributed by atoms with E-state index in [9.17, 15) is 9.18 Å². The molecule has 6 nitrogen and oxygen atoms in total. The Balaban J connectivity index is 1.73. The molecule has 1 unspecified atom stereocenters. The van der Waals surface area contributed by atoms with E-state index in [2.05, 4.69) is 9.97 Å². The largest absolute Gasteiger partial charge is 0.347 e. The Labute approximate surface area is 188 Å². The van der Waals surface area contributed by atoms with E-state index in [-0.39, 0.29) is 24.2 Å². The van der Waals surface area contributed by atoms with Crippen LogP contribution in [-0.2, 0) is 11.2 Å². The molecule has 32 heavy (non-hydrogen) atoms. The van der Waals surface area contributed by atoms with Crippen LogP contribution in [-0.4, -0.2) is 46.4 Å². The number of aryl methyl sites for hydroxylation is 1. The summed E-state index contributed by atoms with van der Waals surface area (Å²) in [6, 6.07) is 7.98. The minimum Gasteiger partial charge on any atom is -0.347 e. The number of anilines is 1. The van der Waals surface area contributed by atoms with Crippen LogP contribution in [0.2, 0.25) is 0 Å². The van der Waals surface area contributed by atoms with Crippen molar-refractivity contribution < 1.29 is 9.18 Å². The molecule has 7 heteroatoms. The van der Waals surface area contributed by atoms with E-state index in [0.29, 0.717) is 12.5 Å². The Morgan fingerprint density at radius 2 is 1.91 bits per heavy atom. The zero-order valence-electron chi connectivity index (χ0n) is 18.8. The molecule has 166 valence electrons. The van der Waals surface area contributed by atoms with Crippen molar-refractivity contribution in [3.05, 3.63) is 71.6 Å². The second-order valence-corrected chi connectivity index (χ2v) is 8.46. The Hall–Kier alpha value is -3.35. The molecule has 0 saturated carbocycles. The zero-order valence-corrected chi connectivity index (χ0v) is 18.8. The van der Waals surface area contributed by atoms with Gasteiger partial charge in [-0.1, -0.05) is 12.1 Å². The van der Waals surface area contributed by atoms with E-state index in [1.165, 1.54) is 12.1 Å². The fourth-order valence-corrected chi connectivity index (χ4v) is 4.23. The predicted octanol–water partition coefficient (Wildman–Crippen LogP) is 4.35. The lowest BCUT2D eigenvalue weighted by Crippen LogP contribution is -2.40. The number of amides is 1. The fraction of sp³-hybridized carbons (Fsp3) is 0.360. The fourth-order valence-electron chi connectivity index (χ4n) is 4.23. The molecular weight excluding hydrogens is 405 g/mol. The molecule has 0 spiro atoms. The molecule has 1 aromatic carbocycles. The number of benzene rings is 1. The average molecular weight is 434 g/mol. The van der Waals surface area contributed by atoms with Crippen LogP contribution in [0.15, 0.2) is 48.9 Å². The van der Waals surface area contributed by atoms with Crippen LogP contribution in [0.4, 0.5) is 10.3 Å². The molecule has 0 N–H and O–H groups in total. The number of aromatic nitrogens is 3. The van der Waals surface area contributed by atoms with Crippen molar-refractivity contribution in [3.63, 3.8) is 0 Å². The maximum atomic E-state index is 13.3. The standard InChI is InChI=1S/C25H28FN5O/c1-17-15-27-12-11-20(17)21-16-28-25(30(2)3)29-24(21)22-6-4-5-13-31(22)23(32)14-18-7-9-19(26)10-8-18/h7-12,15-16,22H,4-6,13-14H2,1-3H3. The molecule has 1 saturated heterocycles. The third-order valence-electron chi connectivity index (χ3n) is 5.92. The third kappa shape index (κ3) is 4.61. The number of carbonyl (C=O) groups is 1. The summed E-state index contributed by atoms with van der Waals surface area (Å²) in [4.78, 5) is 30.8. The molecule has 2 aromatic heterocycles. The first kappa shape index (κ1) is 21.9. The second kappa shape index (κ2) is 9.42. The van der Waals surface area contributed by atoms with Gasteiger partial charge in [0.2, 0.25) is 11.9 Å². The third-order valence-corrected chi connectivity index (χ3v) is 5.92. The van der Waals surface area contributed by atoms with Gasteiger partial charge in [0.25, 0.3) is 0 Å². The van der Waals surface area contributed by atoms with E-state index in [1.54, 1.807) is 18.3 Å². The molecule has 3 aromatic rings. The van der Waals surface area contributed by atoms with Gasteiger partial charge >= 0.3 is 0 Å². The van der Waals surface area contributed by atoms with E-state index in [4.69, 9.17) is 4.98 Å². The Bertz CT molecular complexity index is 1100. The van der Waals surface area contributed by atoms with Crippen molar-refractivity contribution in [2.24, 2.45) is 0 Å². The Kier molecular flexibility index (Phi) is 6.44. The molecule has 1 aliphatic heterocycles. The monoisotopic (exact) mass is 433 g/mol. The normalized spacial score (nSPS) is 16.1. The van der Waals surface area contributed by atoms with Gasteiger partial charge in [-0.05, 0) is 61.1 Å². The van der Waals surface area contributed by atoms with Gasteiger partial charge in [-0.2, -0.15) is 0 Å². The van der Waals surface area contributed by atoms with Crippen LogP contribution in [0.3, 0.4) is 0 Å². The molecular formula is C25H28FN5O. The van der Waals surface area contributed by atoms with E-state index >= 15 is 0 Å². The number of rotatable bonds is 5. The van der Waals surface area contributed by atoms with Gasteiger partial charge in [-0.25, -0.2) is 14.4 Å². The number of piperidine rings is 1. The van der Waals surface area contributed by atoms with Gasteiger partial charge in [0.05, 0.1) is 18.2 Å². The second-order valence-electron chi connectivity index (χ2n) is 8.46. The highest BCUT2D eigenvalue weighted by atomic mass is 19.1. The van der Waals surface area contributed by atoms with Gasteiger partial charge in [-0.3, -0.25) is 9.78 Å². The lowest BCUT2D eigenvalue weighted by atomic mass is 9.92. The Morgan fingerprint density at radius 1 is 1.12 bits per heavy atom. The zero-order chi connectivity index (χ0) is 22.7. The maximum Gasteiger partial charge on any atom is 0.227 e. The van der Waals surface area contributed by atoms with Crippen LogP contribution in [0, 0.1) is 12.7 Å². The number of likely N-dealkylation sites (tertiary alicyclic amines) is 1. The number of carbonyl (C=O) groups excluding carboxylic acids is 1. The molecule has 4 rings (SSSR count). The van der Waals surface area contributed by atoms with Crippen molar-refractivity contribution in [2.75, 3.05) is 25.5 Å². The van der Waals surface area contributed by atoms with E-state index < -0.39 is 0 Å². The highest BCUT2D eigenvalue weighted by Crippen LogP contribution is 2.37. The van der Waals surface area contributed by atoms with Crippen LogP contribution in [0.25, 0.3) is 11.1 Å². The molecule has 0 aliphatic carbocycles. The van der Waals surface area contributed by atoms with E-state index in [1.807, 2.05) is 49.3 Å². The minimum atomic E-state index is -0.299. The molecule has 1 fully saturated rings. The predicted molar refractivity (Wildman–Crippen MR) is 123 cm³/mol. The van der Waals surface area contributed by atoms with Crippen molar-refractivity contribution in [1.82, 2.24) is 19.9 Å². The van der Waals surface area contributed by atoms with E-state index in [0.717, 1.165) is 47.2 Å². The smallest absolute Gasteiger partial charge is 0.227 e. The quantitative estimate of drug-likeness (QED) is 0.599. The lowest BCUT2D eigenvalue weighted by molar-refractivity contribution is -0.134. The molecule has 0 bridgehead atoms. The minimum absolute atomic E-state index is 0.0312. The van der Waals surface area contributed by atoms with Crippen LogP contribution < -0.4 is 4.90 Å². The number of halogens is 1. The highest BCUT2D eigenvalue weighted by Gasteiger charge is 2.31. The number of pyridine rings is 1. The van der Waals surface area contributed by atoms with Gasteiger partial charge in [-0.15, -0.1) is 0 Å². The number of nitrogens with zero attached hydrogens (tertiary/aromatic N) is 5. The van der Waals surface area contributed by atoms with Crippen molar-refractivity contribution >= 4 is 11.9 Å². The summed E-state index contributed by atoms with van der Waals surface area (Å²) in [7, 11) is 3.82. The first-order chi connectivity index (χ1) is 15.4. The van der Waals surface area contributed by atoms with Crippen molar-refractivity contribution in [1.29, 1.82) is 0 Å². The van der Waals surface area contributed by atoms with Gasteiger partial charge in [0, 0.05) is 44.8 Å². The van der Waals surface area contributed by atoms with Crippen LogP contribution in [0.5, 0.6) is 0 Å². The summed E-state index contributed by atoms with van der Waals surface area (Å²) >= 11 is 0. The number of hydrogen-bond donors (Lipinski definition) is 0. The molecule has 1 amide bonds. The van der Waals surface area contributed by atoms with Crippen LogP contribution in [0.1, 0.15) is 42.1 Å². The van der Waals surface area contributed by atoms with Crippen molar-refractivity contribution in [2.45, 2.75) is 38.6 Å². The lowest BCUT2D eigenvalue weighted by Gasteiger charge is -2.36. The SMILES string of the molecule is Cc1cnccc1-c1cnc(N(C)C)nc1C1CCCCN1C(=O)Cc1ccc(F)cc1. The molecule has 1 aliphatic rings. The summed E-state index contributed by atoms with van der Waals surface area (Å²) in [5, 5.41) is 0. The maximum absolute atomic E-state index is 13.3. The summed E-state index contributed by atoms with van der Waals surface area (Å²) < 4.78 is 13.3. The van der Waals surface area contributed by atoms with Gasteiger partial charge < -0.3 is 9.80 Å². The average Bonchev–Trinajstić information content (AvgIpc) is 2.80. The van der Waals surface area contributed by atoms with Crippen molar-refractivity contribution in [3.8, 4) is 11.1 Å². The topological polar surface area (TPSA) is 62.2 Å². The van der Waals surface area contributed by atoms with Crippen LogP contribution >= 0.6 is 0 Å². The van der Waals surface area contributed by atoms with Gasteiger partial charge in [0.15, 0.2) is 0 Å². The molecule has 0 radical (unpaired) electrons. The molecule has 3 heterocycles. The summed E-state index contributed by atoms with van der Waals surface area (Å²) in [6.07, 6.45) is 8.53. The Morgan fingerprint density at radius 3 is 2.62 bits per heavy atom. The summed E-state index contributed by atoms with van der Waals surface area (Å²) in [5.74, 6) is 0.349. The van der Waals surface area contributed by atoms with Gasteiger partial charge in [0.1, 0.15) is 5.82 Å². The first-order valence-corrected chi connectivity index (χ1v) is 10.9. The highest BCUT2D eigenvalue weighted by molar-refractivity contribution is 5.80. The summed E-state index contributed by atoms with van der Waals surface area (Å²) in [6.45, 7) is 2.70. The molecule has 1 atom stereocenters. The first-order valence-electron chi connectivity index (χ1n) is 10.9. The number of hydrogen-bond acceptors (Lipinski definition) is 5.